The van der Waals surface area contributed by atoms with Crippen LogP contribution in [-0.4, -0.2) is 18.6 Å². The molecule has 1 N–H and O–H groups in total. The average Bonchev–Trinajstić information content (AvgIpc) is 2.56. The van der Waals surface area contributed by atoms with Crippen LogP contribution in [0, 0.1) is 0 Å². The first kappa shape index (κ1) is 13.6. The molecule has 1 unspecified atom stereocenters. The minimum absolute atomic E-state index is 0.182. The Morgan fingerprint density at radius 1 is 0.952 bits per heavy atom. The molecule has 1 heterocycles. The van der Waals surface area contributed by atoms with Gasteiger partial charge in [-0.25, -0.2) is 5.43 Å². The molecule has 0 aromatic heterocycles. The summed E-state index contributed by atoms with van der Waals surface area (Å²) in [7, 11) is 0. The van der Waals surface area contributed by atoms with Crippen molar-refractivity contribution in [2.24, 2.45) is 0 Å². The highest BCUT2D eigenvalue weighted by molar-refractivity contribution is 5.77. The quantitative estimate of drug-likeness (QED) is 0.691. The lowest BCUT2D eigenvalue weighted by Crippen LogP contribution is -2.48. The lowest BCUT2D eigenvalue weighted by Gasteiger charge is -2.31. The second kappa shape index (κ2) is 6.41. The number of hydrogen-bond acceptors (Lipinski definition) is 4. The topological polar surface area (TPSA) is 41.6 Å². The minimum atomic E-state index is -0.306. The predicted molar refractivity (Wildman–Crippen MR) is 82.1 cm³/mol. The van der Waals surface area contributed by atoms with Gasteiger partial charge in [0.25, 0.3) is 0 Å². The van der Waals surface area contributed by atoms with Crippen molar-refractivity contribution in [3.8, 4) is 0 Å². The van der Waals surface area contributed by atoms with E-state index in [9.17, 15) is 4.79 Å². The molecular weight excluding hydrogens is 264 g/mol. The van der Waals surface area contributed by atoms with Gasteiger partial charge in [0.1, 0.15) is 6.04 Å². The number of ether oxygens (including phenoxy) is 1. The Kier molecular flexibility index (Phi) is 4.17. The van der Waals surface area contributed by atoms with E-state index < -0.39 is 0 Å². The number of hydrazine groups is 1. The molecule has 0 radical (unpaired) electrons. The summed E-state index contributed by atoms with van der Waals surface area (Å²) in [5.41, 5.74) is 5.27. The summed E-state index contributed by atoms with van der Waals surface area (Å²) in [5.74, 6) is -0.182. The summed E-state index contributed by atoms with van der Waals surface area (Å²) in [6.45, 7) is 0.522. The van der Waals surface area contributed by atoms with Crippen LogP contribution in [0.25, 0.3) is 0 Å². The van der Waals surface area contributed by atoms with Gasteiger partial charge in [-0.1, -0.05) is 36.4 Å². The number of rotatable bonds is 4. The second-order valence-electron chi connectivity index (χ2n) is 5.00. The Labute approximate surface area is 124 Å². The Bertz CT molecular complexity index is 547. The number of carbonyl (C=O) groups excluding carboxylic acids is 1. The lowest BCUT2D eigenvalue weighted by molar-refractivity contribution is -0.149. The second-order valence-corrected chi connectivity index (χ2v) is 5.00. The maximum absolute atomic E-state index is 11.9. The molecule has 2 aromatic rings. The summed E-state index contributed by atoms with van der Waals surface area (Å²) in [6.07, 6.45) is 1.68. The number of anilines is 2. The molecule has 4 nitrogen and oxygen atoms in total. The van der Waals surface area contributed by atoms with Gasteiger partial charge in [0.05, 0.1) is 18.0 Å². The zero-order chi connectivity index (χ0) is 14.5. The summed E-state index contributed by atoms with van der Waals surface area (Å²) >= 11 is 0. The van der Waals surface area contributed by atoms with Crippen molar-refractivity contribution in [1.82, 2.24) is 5.43 Å². The van der Waals surface area contributed by atoms with E-state index in [-0.39, 0.29) is 12.0 Å². The maximum atomic E-state index is 11.9. The van der Waals surface area contributed by atoms with Gasteiger partial charge < -0.3 is 4.74 Å². The first-order valence-electron chi connectivity index (χ1n) is 7.17. The van der Waals surface area contributed by atoms with Crippen molar-refractivity contribution in [1.29, 1.82) is 0 Å². The maximum Gasteiger partial charge on any atom is 0.324 e. The number of para-hydroxylation sites is 2. The van der Waals surface area contributed by atoms with E-state index in [1.54, 1.807) is 0 Å². The summed E-state index contributed by atoms with van der Waals surface area (Å²) in [5, 5.41) is 1.94. The van der Waals surface area contributed by atoms with E-state index in [2.05, 4.69) is 5.43 Å². The molecule has 0 saturated carbocycles. The van der Waals surface area contributed by atoms with Gasteiger partial charge in [-0.05, 0) is 37.1 Å². The summed E-state index contributed by atoms with van der Waals surface area (Å²) in [4.78, 5) is 11.9. The van der Waals surface area contributed by atoms with E-state index in [0.717, 1.165) is 24.2 Å². The zero-order valence-corrected chi connectivity index (χ0v) is 11.7. The number of nitrogens with one attached hydrogen (secondary N) is 1. The fraction of sp³-hybridized carbons (Fsp3) is 0.235. The van der Waals surface area contributed by atoms with E-state index in [1.807, 2.05) is 65.7 Å². The number of esters is 1. The fourth-order valence-electron chi connectivity index (χ4n) is 2.40. The van der Waals surface area contributed by atoms with Crippen LogP contribution in [0.2, 0.25) is 0 Å². The van der Waals surface area contributed by atoms with Crippen molar-refractivity contribution in [3.63, 3.8) is 0 Å². The number of nitrogens with zero attached hydrogens (tertiary/aromatic N) is 1. The molecule has 0 spiro atoms. The number of cyclic esters (lactones) is 1. The molecule has 1 fully saturated rings. The molecule has 0 bridgehead atoms. The Morgan fingerprint density at radius 3 is 2.05 bits per heavy atom. The molecule has 3 rings (SSSR count). The van der Waals surface area contributed by atoms with Crippen LogP contribution >= 0.6 is 0 Å². The molecule has 2 aromatic carbocycles. The van der Waals surface area contributed by atoms with Crippen LogP contribution in [0.4, 0.5) is 11.4 Å². The van der Waals surface area contributed by atoms with Crippen LogP contribution in [0.3, 0.4) is 0 Å². The minimum Gasteiger partial charge on any atom is -0.464 e. The highest BCUT2D eigenvalue weighted by Gasteiger charge is 2.26. The molecule has 4 heteroatoms. The van der Waals surface area contributed by atoms with Gasteiger partial charge in [0.2, 0.25) is 0 Å². The van der Waals surface area contributed by atoms with Gasteiger partial charge in [0.15, 0.2) is 0 Å². The largest absolute Gasteiger partial charge is 0.464 e. The molecule has 1 saturated heterocycles. The normalized spacial score (nSPS) is 18.1. The molecule has 108 valence electrons. The number of hydrogen-bond donors (Lipinski definition) is 1. The Balaban J connectivity index is 1.88. The van der Waals surface area contributed by atoms with Gasteiger partial charge in [-0.2, -0.15) is 0 Å². The third kappa shape index (κ3) is 3.23. The Hall–Kier alpha value is -2.33. The van der Waals surface area contributed by atoms with Crippen LogP contribution in [-0.2, 0) is 9.53 Å². The number of carbonyl (C=O) groups is 1. The average molecular weight is 282 g/mol. The first-order valence-corrected chi connectivity index (χ1v) is 7.17. The van der Waals surface area contributed by atoms with Gasteiger partial charge >= 0.3 is 5.97 Å². The SMILES string of the molecule is O=C1OCCCC1NN(c1ccccc1)c1ccccc1. The van der Waals surface area contributed by atoms with E-state index in [0.29, 0.717) is 6.61 Å². The standard InChI is InChI=1S/C17H18N2O2/c20-17-16(12-7-13-21-17)18-19(14-8-3-1-4-9-14)15-10-5-2-6-11-15/h1-6,8-11,16,18H,7,12-13H2. The zero-order valence-electron chi connectivity index (χ0n) is 11.7. The van der Waals surface area contributed by atoms with Crippen molar-refractivity contribution in [3.05, 3.63) is 60.7 Å². The molecule has 0 amide bonds. The van der Waals surface area contributed by atoms with Gasteiger partial charge in [-0.15, -0.1) is 0 Å². The van der Waals surface area contributed by atoms with Gasteiger partial charge in [0, 0.05) is 0 Å². The van der Waals surface area contributed by atoms with Crippen molar-refractivity contribution < 1.29 is 9.53 Å². The van der Waals surface area contributed by atoms with E-state index >= 15 is 0 Å². The van der Waals surface area contributed by atoms with E-state index in [1.165, 1.54) is 0 Å². The fourth-order valence-corrected chi connectivity index (χ4v) is 2.40. The smallest absolute Gasteiger partial charge is 0.324 e. The summed E-state index contributed by atoms with van der Waals surface area (Å²) in [6, 6.07) is 19.6. The highest BCUT2D eigenvalue weighted by atomic mass is 16.5. The molecule has 1 aliphatic heterocycles. The molecule has 21 heavy (non-hydrogen) atoms. The molecule has 0 aliphatic carbocycles. The van der Waals surface area contributed by atoms with Crippen LogP contribution in [0.15, 0.2) is 60.7 Å². The first-order chi connectivity index (χ1) is 10.3. The third-order valence-electron chi connectivity index (χ3n) is 3.48. The predicted octanol–water partition coefficient (Wildman–Crippen LogP) is 3.03. The van der Waals surface area contributed by atoms with Gasteiger partial charge in [-0.3, -0.25) is 9.80 Å². The Morgan fingerprint density at radius 2 is 1.52 bits per heavy atom. The van der Waals surface area contributed by atoms with Crippen LogP contribution in [0.1, 0.15) is 12.8 Å². The highest BCUT2D eigenvalue weighted by Crippen LogP contribution is 2.24. The van der Waals surface area contributed by atoms with E-state index in [4.69, 9.17) is 4.74 Å². The molecule has 1 atom stereocenters. The molecular formula is C17H18N2O2. The van der Waals surface area contributed by atoms with Crippen LogP contribution < -0.4 is 10.4 Å². The number of benzene rings is 2. The lowest BCUT2D eigenvalue weighted by atomic mass is 10.1. The summed E-state index contributed by atoms with van der Waals surface area (Å²) < 4.78 is 5.13. The van der Waals surface area contributed by atoms with Crippen LogP contribution in [0.5, 0.6) is 0 Å². The van der Waals surface area contributed by atoms with Crippen molar-refractivity contribution in [2.75, 3.05) is 11.6 Å². The van der Waals surface area contributed by atoms with Crippen molar-refractivity contribution >= 4 is 17.3 Å². The van der Waals surface area contributed by atoms with Crippen molar-refractivity contribution in [2.45, 2.75) is 18.9 Å². The third-order valence-corrected chi connectivity index (χ3v) is 3.48. The monoisotopic (exact) mass is 282 g/mol. The molecule has 1 aliphatic rings.